The molecule has 0 saturated carbocycles. The zero-order chi connectivity index (χ0) is 5.28. The van der Waals surface area contributed by atoms with Crippen LogP contribution in [0.2, 0.25) is 0 Å². The molecule has 40 valence electrons. The van der Waals surface area contributed by atoms with Gasteiger partial charge in [-0.2, -0.15) is 0 Å². The molecule has 0 radical (unpaired) electrons. The zero-order valence-electron chi connectivity index (χ0n) is 3.64. The first-order valence-corrected chi connectivity index (χ1v) is 4.24. The monoisotopic (exact) mass is 135 g/mol. The fraction of sp³-hybridized carbons (Fsp3) is 0.667. The Kier molecular flexibility index (Phi) is 1.51. The molecular weight excluding hydrogens is 130 g/mol. The summed E-state index contributed by atoms with van der Waals surface area (Å²) in [6.07, 6.45) is 0. The standard InChI is InChI=1S/C3H5NOS2/c5-3-1-4-2-7(3)6/h4H,1-2H2. The summed E-state index contributed by atoms with van der Waals surface area (Å²) in [6, 6.07) is 0. The number of nitrogens with one attached hydrogen (secondary N) is 1. The minimum Gasteiger partial charge on any atom is -0.300 e. The van der Waals surface area contributed by atoms with Crippen molar-refractivity contribution < 1.29 is 4.79 Å². The fourth-order valence-electron chi connectivity index (χ4n) is 0.407. The molecule has 2 nitrogen and oxygen atoms in total. The summed E-state index contributed by atoms with van der Waals surface area (Å²) in [6.45, 7) is 0.493. The molecule has 1 atom stereocenters. The van der Waals surface area contributed by atoms with Crippen molar-refractivity contribution in [3.8, 4) is 0 Å². The number of hydrogen-bond acceptors (Lipinski definition) is 3. The van der Waals surface area contributed by atoms with Crippen LogP contribution in [0.1, 0.15) is 0 Å². The normalized spacial score (nSPS) is 31.4. The van der Waals surface area contributed by atoms with Gasteiger partial charge in [-0.3, -0.25) is 10.1 Å². The Morgan fingerprint density at radius 1 is 1.86 bits per heavy atom. The van der Waals surface area contributed by atoms with E-state index in [1.807, 2.05) is 0 Å². The molecule has 1 saturated heterocycles. The van der Waals surface area contributed by atoms with Crippen LogP contribution in [0.5, 0.6) is 0 Å². The van der Waals surface area contributed by atoms with Gasteiger partial charge in [0.25, 0.3) is 0 Å². The van der Waals surface area contributed by atoms with Gasteiger partial charge >= 0.3 is 0 Å². The average Bonchev–Trinajstić information content (AvgIpc) is 1.91. The van der Waals surface area contributed by atoms with Crippen molar-refractivity contribution in [1.29, 1.82) is 0 Å². The van der Waals surface area contributed by atoms with Gasteiger partial charge in [0.1, 0.15) is 0 Å². The van der Waals surface area contributed by atoms with Crippen molar-refractivity contribution in [2.45, 2.75) is 0 Å². The molecule has 0 amide bonds. The summed E-state index contributed by atoms with van der Waals surface area (Å²) >= 11 is 4.74. The van der Waals surface area contributed by atoms with E-state index in [4.69, 9.17) is 11.2 Å². The Morgan fingerprint density at radius 3 is 2.71 bits per heavy atom. The lowest BCUT2D eigenvalue weighted by molar-refractivity contribution is -0.109. The molecular formula is C3H5NOS2. The van der Waals surface area contributed by atoms with E-state index in [1.165, 1.54) is 0 Å². The van der Waals surface area contributed by atoms with E-state index >= 15 is 0 Å². The molecule has 1 N–H and O–H groups in total. The second-order valence-corrected chi connectivity index (χ2v) is 3.93. The van der Waals surface area contributed by atoms with Crippen LogP contribution in [0.15, 0.2) is 0 Å². The minimum atomic E-state index is -0.384. The van der Waals surface area contributed by atoms with Gasteiger partial charge in [-0.25, -0.2) is 0 Å². The average molecular weight is 135 g/mol. The van der Waals surface area contributed by atoms with Crippen LogP contribution in [-0.4, -0.2) is 17.5 Å². The summed E-state index contributed by atoms with van der Waals surface area (Å²) in [4.78, 5) is 10.4. The molecule has 0 aromatic rings. The second kappa shape index (κ2) is 1.98. The van der Waals surface area contributed by atoms with Crippen LogP contribution in [0.3, 0.4) is 0 Å². The zero-order valence-corrected chi connectivity index (χ0v) is 5.27. The van der Waals surface area contributed by atoms with Gasteiger partial charge in [-0.05, 0) is 20.6 Å². The molecule has 0 bridgehead atoms. The molecule has 0 aromatic heterocycles. The number of rotatable bonds is 0. The minimum absolute atomic E-state index is 0.190. The maximum absolute atomic E-state index is 10.4. The van der Waals surface area contributed by atoms with Crippen molar-refractivity contribution in [1.82, 2.24) is 5.32 Å². The van der Waals surface area contributed by atoms with Crippen LogP contribution in [-0.2, 0) is 25.4 Å². The molecule has 1 heterocycles. The van der Waals surface area contributed by atoms with E-state index in [1.54, 1.807) is 0 Å². The third-order valence-electron chi connectivity index (χ3n) is 0.756. The maximum atomic E-state index is 10.4. The predicted octanol–water partition coefficient (Wildman–Crippen LogP) is -0.846. The van der Waals surface area contributed by atoms with Gasteiger partial charge in [-0.1, -0.05) is 0 Å². The highest BCUT2D eigenvalue weighted by molar-refractivity contribution is 8.37. The third-order valence-corrected chi connectivity index (χ3v) is 2.79. The molecule has 1 rings (SSSR count). The first kappa shape index (κ1) is 5.34. The predicted molar refractivity (Wildman–Crippen MR) is 32.6 cm³/mol. The lowest BCUT2D eigenvalue weighted by atomic mass is 10.7. The van der Waals surface area contributed by atoms with Gasteiger partial charge in [0, 0.05) is 0 Å². The van der Waals surface area contributed by atoms with Gasteiger partial charge in [-0.15, -0.1) is 0 Å². The van der Waals surface area contributed by atoms with Crippen LogP contribution in [0.25, 0.3) is 0 Å². The largest absolute Gasteiger partial charge is 0.300 e. The molecule has 1 aliphatic rings. The summed E-state index contributed by atoms with van der Waals surface area (Å²) in [7, 11) is -0.384. The first-order chi connectivity index (χ1) is 3.30. The van der Waals surface area contributed by atoms with E-state index in [0.717, 1.165) is 0 Å². The first-order valence-electron chi connectivity index (χ1n) is 1.92. The number of hydrogen-bond donors (Lipinski definition) is 1. The Balaban J connectivity index is 2.65. The van der Waals surface area contributed by atoms with E-state index in [9.17, 15) is 4.79 Å². The lowest BCUT2D eigenvalue weighted by Gasteiger charge is -1.79. The van der Waals surface area contributed by atoms with Crippen LogP contribution in [0, 0.1) is 0 Å². The van der Waals surface area contributed by atoms with Crippen LogP contribution in [0.4, 0.5) is 0 Å². The van der Waals surface area contributed by atoms with Crippen LogP contribution < -0.4 is 5.32 Å². The highest BCUT2D eigenvalue weighted by Gasteiger charge is 2.12. The lowest BCUT2D eigenvalue weighted by Crippen LogP contribution is -2.07. The fourth-order valence-corrected chi connectivity index (χ4v) is 1.55. The van der Waals surface area contributed by atoms with Crippen molar-refractivity contribution in [2.24, 2.45) is 0 Å². The summed E-state index contributed by atoms with van der Waals surface area (Å²) in [5.74, 6) is 0.716. The Hall–Kier alpha value is 0.200. The number of carbonyl (C=O) groups is 1. The molecule has 1 aliphatic heterocycles. The SMILES string of the molecule is O=C1CNCS1=S. The highest BCUT2D eigenvalue weighted by atomic mass is 32.8. The molecule has 0 aliphatic carbocycles. The van der Waals surface area contributed by atoms with Gasteiger partial charge in [0.15, 0.2) is 0 Å². The van der Waals surface area contributed by atoms with E-state index in [0.29, 0.717) is 12.4 Å². The Labute approximate surface area is 48.9 Å². The van der Waals surface area contributed by atoms with Gasteiger partial charge in [0.05, 0.1) is 12.4 Å². The van der Waals surface area contributed by atoms with Crippen molar-refractivity contribution >= 4 is 25.8 Å². The van der Waals surface area contributed by atoms with E-state index in [2.05, 4.69) is 5.32 Å². The van der Waals surface area contributed by atoms with Crippen molar-refractivity contribution in [3.63, 3.8) is 0 Å². The third kappa shape index (κ3) is 1.05. The quantitative estimate of drug-likeness (QED) is 0.469. The molecule has 4 heteroatoms. The van der Waals surface area contributed by atoms with Crippen LogP contribution >= 0.6 is 0 Å². The summed E-state index contributed by atoms with van der Waals surface area (Å²) in [5, 5.41) is 3.07. The second-order valence-electron chi connectivity index (χ2n) is 1.29. The van der Waals surface area contributed by atoms with Gasteiger partial charge < -0.3 is 0 Å². The molecule has 7 heavy (non-hydrogen) atoms. The molecule has 1 fully saturated rings. The maximum Gasteiger partial charge on any atom is 0.208 e. The smallest absolute Gasteiger partial charge is 0.208 e. The number of carbonyl (C=O) groups excluding carboxylic acids is 1. The van der Waals surface area contributed by atoms with Crippen molar-refractivity contribution in [2.75, 3.05) is 12.4 Å². The molecule has 1 unspecified atom stereocenters. The summed E-state index contributed by atoms with van der Waals surface area (Å²) < 4.78 is 0. The van der Waals surface area contributed by atoms with Crippen molar-refractivity contribution in [3.05, 3.63) is 0 Å². The highest BCUT2D eigenvalue weighted by Crippen LogP contribution is 1.89. The Morgan fingerprint density at radius 2 is 2.57 bits per heavy atom. The molecule has 0 aromatic carbocycles. The molecule has 0 spiro atoms. The van der Waals surface area contributed by atoms with Gasteiger partial charge in [0.2, 0.25) is 5.12 Å². The summed E-state index contributed by atoms with van der Waals surface area (Å²) in [5.41, 5.74) is 0. The topological polar surface area (TPSA) is 29.1 Å². The Bertz CT molecular complexity index is 108. The van der Waals surface area contributed by atoms with E-state index < -0.39 is 0 Å². The van der Waals surface area contributed by atoms with E-state index in [-0.39, 0.29) is 14.6 Å².